The number of phenols is 1. The predicted octanol–water partition coefficient (Wildman–Crippen LogP) is 1.54. The highest BCUT2D eigenvalue weighted by Gasteiger charge is 1.87. The Labute approximate surface area is 65.5 Å². The van der Waals surface area contributed by atoms with Crippen LogP contribution in [-0.2, 0) is 0 Å². The van der Waals surface area contributed by atoms with Crippen LogP contribution >= 0.6 is 0 Å². The fourth-order valence-electron chi connectivity index (χ4n) is 0.582. The van der Waals surface area contributed by atoms with E-state index >= 15 is 0 Å². The number of nitriles is 1. The molecule has 0 bridgehead atoms. The van der Waals surface area contributed by atoms with Crippen molar-refractivity contribution in [3.63, 3.8) is 0 Å². The second-order valence-electron chi connectivity index (χ2n) is 1.70. The van der Waals surface area contributed by atoms with Gasteiger partial charge in [-0.15, -0.1) is 0 Å². The molecule has 1 aromatic carbocycles. The van der Waals surface area contributed by atoms with Gasteiger partial charge < -0.3 is 9.84 Å². The van der Waals surface area contributed by atoms with Crippen molar-refractivity contribution in [1.29, 1.82) is 5.26 Å². The molecule has 0 spiro atoms. The molecule has 0 saturated carbocycles. The maximum atomic E-state index is 8.80. The van der Waals surface area contributed by atoms with Crippen LogP contribution in [0.4, 0.5) is 0 Å². The third-order valence-electron chi connectivity index (χ3n) is 1.07. The molecule has 0 fully saturated rings. The molecule has 0 aliphatic carbocycles. The van der Waals surface area contributed by atoms with Crippen molar-refractivity contribution >= 4 is 0 Å². The van der Waals surface area contributed by atoms with E-state index < -0.39 is 0 Å². The molecule has 0 heterocycles. The average Bonchev–Trinajstić information content (AvgIpc) is 2.10. The van der Waals surface area contributed by atoms with Gasteiger partial charge in [-0.1, -0.05) is 0 Å². The summed E-state index contributed by atoms with van der Waals surface area (Å²) in [7, 11) is 1.59. The van der Waals surface area contributed by atoms with Gasteiger partial charge in [0.2, 0.25) is 0 Å². The number of phenolic OH excluding ortho intramolecular Hbond substituents is 1. The van der Waals surface area contributed by atoms with E-state index in [0.717, 1.165) is 5.75 Å². The zero-order valence-corrected chi connectivity index (χ0v) is 6.19. The number of benzene rings is 1. The minimum Gasteiger partial charge on any atom is -0.508 e. The molecule has 0 aliphatic heterocycles. The first-order valence-electron chi connectivity index (χ1n) is 2.92. The van der Waals surface area contributed by atoms with Crippen molar-refractivity contribution in [2.45, 2.75) is 0 Å². The Morgan fingerprint density at radius 3 is 2.09 bits per heavy atom. The second-order valence-corrected chi connectivity index (χ2v) is 1.70. The topological polar surface area (TPSA) is 53.2 Å². The zero-order chi connectivity index (χ0) is 8.69. The molecule has 1 N–H and O–H groups in total. The average molecular weight is 151 g/mol. The Hall–Kier alpha value is -1.69. The van der Waals surface area contributed by atoms with E-state index in [-0.39, 0.29) is 5.75 Å². The molecular weight excluding hydrogens is 142 g/mol. The lowest BCUT2D eigenvalue weighted by Crippen LogP contribution is -1.79. The Morgan fingerprint density at radius 2 is 1.73 bits per heavy atom. The molecular formula is C8H9NO2. The summed E-state index contributed by atoms with van der Waals surface area (Å²) in [4.78, 5) is 0. The molecule has 0 unspecified atom stereocenters. The Kier molecular flexibility index (Phi) is 4.34. The molecule has 0 radical (unpaired) electrons. The first kappa shape index (κ1) is 9.31. The summed E-state index contributed by atoms with van der Waals surface area (Å²) >= 11 is 0. The van der Waals surface area contributed by atoms with Crippen molar-refractivity contribution in [1.82, 2.24) is 0 Å². The van der Waals surface area contributed by atoms with Crippen molar-refractivity contribution in [3.05, 3.63) is 24.3 Å². The smallest absolute Gasteiger partial charge is 0.119 e. The standard InChI is InChI=1S/C7H8O2.CHN/c1-9-7-4-2-6(8)3-5-7;1-2/h2-5,8H,1H3;1H. The first-order valence-corrected chi connectivity index (χ1v) is 2.92. The molecule has 0 atom stereocenters. The van der Waals surface area contributed by atoms with Gasteiger partial charge in [0.1, 0.15) is 11.5 Å². The van der Waals surface area contributed by atoms with Crippen molar-refractivity contribution in [3.8, 4) is 18.1 Å². The molecule has 3 heteroatoms. The van der Waals surface area contributed by atoms with Crippen LogP contribution in [0.15, 0.2) is 24.3 Å². The third kappa shape index (κ3) is 3.11. The summed E-state index contributed by atoms with van der Waals surface area (Å²) in [6, 6.07) is 6.57. The van der Waals surface area contributed by atoms with E-state index in [4.69, 9.17) is 15.1 Å². The molecule has 0 aromatic heterocycles. The molecule has 0 amide bonds. The first-order chi connectivity index (χ1) is 5.33. The second kappa shape index (κ2) is 5.12. The fourth-order valence-corrected chi connectivity index (χ4v) is 0.582. The zero-order valence-electron chi connectivity index (χ0n) is 6.19. The summed E-state index contributed by atoms with van der Waals surface area (Å²) in [5.74, 6) is 1.02. The van der Waals surface area contributed by atoms with E-state index in [2.05, 4.69) is 6.57 Å². The fraction of sp³-hybridized carbons (Fsp3) is 0.125. The summed E-state index contributed by atoms with van der Waals surface area (Å²) in [6.07, 6.45) is 0. The van der Waals surface area contributed by atoms with Crippen molar-refractivity contribution in [2.75, 3.05) is 7.11 Å². The van der Waals surface area contributed by atoms with E-state index in [9.17, 15) is 0 Å². The van der Waals surface area contributed by atoms with Crippen LogP contribution in [0.5, 0.6) is 11.5 Å². The van der Waals surface area contributed by atoms with Gasteiger partial charge in [-0.3, -0.25) is 0 Å². The summed E-state index contributed by atoms with van der Waals surface area (Å²) in [5.41, 5.74) is 0. The van der Waals surface area contributed by atoms with Crippen LogP contribution in [0, 0.1) is 11.8 Å². The van der Waals surface area contributed by atoms with Gasteiger partial charge in [0.25, 0.3) is 0 Å². The summed E-state index contributed by atoms with van der Waals surface area (Å²) in [6.45, 7) is 3.50. The number of methoxy groups -OCH3 is 1. The van der Waals surface area contributed by atoms with Gasteiger partial charge in [-0.25, -0.2) is 5.26 Å². The van der Waals surface area contributed by atoms with E-state index in [1.54, 1.807) is 31.4 Å². The van der Waals surface area contributed by atoms with Crippen molar-refractivity contribution < 1.29 is 9.84 Å². The maximum Gasteiger partial charge on any atom is 0.119 e. The van der Waals surface area contributed by atoms with Crippen LogP contribution in [0.3, 0.4) is 0 Å². The number of ether oxygens (including phenoxy) is 1. The molecule has 11 heavy (non-hydrogen) atoms. The minimum absolute atomic E-state index is 0.260. The lowest BCUT2D eigenvalue weighted by atomic mass is 10.3. The van der Waals surface area contributed by atoms with E-state index in [0.29, 0.717) is 0 Å². The van der Waals surface area contributed by atoms with Crippen LogP contribution in [0.1, 0.15) is 0 Å². The van der Waals surface area contributed by atoms with Crippen LogP contribution in [0.25, 0.3) is 0 Å². The molecule has 1 rings (SSSR count). The lowest BCUT2D eigenvalue weighted by Gasteiger charge is -1.96. The van der Waals surface area contributed by atoms with E-state index in [1.807, 2.05) is 0 Å². The van der Waals surface area contributed by atoms with Gasteiger partial charge >= 0.3 is 0 Å². The largest absolute Gasteiger partial charge is 0.508 e. The highest BCUT2D eigenvalue weighted by Crippen LogP contribution is 2.14. The number of aromatic hydroxyl groups is 1. The van der Waals surface area contributed by atoms with Gasteiger partial charge in [0.15, 0.2) is 0 Å². The SMILES string of the molecule is C#N.COc1ccc(O)cc1. The Balaban J connectivity index is 0.000000461. The molecule has 3 nitrogen and oxygen atoms in total. The number of rotatable bonds is 1. The quantitative estimate of drug-likeness (QED) is 0.662. The van der Waals surface area contributed by atoms with Gasteiger partial charge in [-0.05, 0) is 24.3 Å². The molecule has 58 valence electrons. The number of hydrogen-bond donors (Lipinski definition) is 1. The lowest BCUT2D eigenvalue weighted by molar-refractivity contribution is 0.412. The van der Waals surface area contributed by atoms with Gasteiger partial charge in [0.05, 0.1) is 7.11 Å². The van der Waals surface area contributed by atoms with Crippen molar-refractivity contribution in [2.24, 2.45) is 0 Å². The third-order valence-corrected chi connectivity index (χ3v) is 1.07. The van der Waals surface area contributed by atoms with Gasteiger partial charge in [0, 0.05) is 6.57 Å². The predicted molar refractivity (Wildman–Crippen MR) is 41.3 cm³/mol. The maximum absolute atomic E-state index is 8.80. The van der Waals surface area contributed by atoms with Crippen LogP contribution in [-0.4, -0.2) is 12.2 Å². The molecule has 0 aliphatic rings. The van der Waals surface area contributed by atoms with E-state index in [1.165, 1.54) is 0 Å². The summed E-state index contributed by atoms with van der Waals surface area (Å²) in [5, 5.41) is 15.3. The molecule has 1 aromatic rings. The van der Waals surface area contributed by atoms with Crippen LogP contribution in [0.2, 0.25) is 0 Å². The Bertz CT molecular complexity index is 215. The molecule has 0 saturated heterocycles. The summed E-state index contributed by atoms with van der Waals surface area (Å²) < 4.78 is 4.86. The number of nitrogens with zero attached hydrogens (tertiary/aromatic N) is 1. The number of hydrogen-bond acceptors (Lipinski definition) is 3. The van der Waals surface area contributed by atoms with Gasteiger partial charge in [-0.2, -0.15) is 0 Å². The highest BCUT2D eigenvalue weighted by molar-refractivity contribution is 5.29. The highest BCUT2D eigenvalue weighted by atomic mass is 16.5. The Morgan fingerprint density at radius 1 is 1.27 bits per heavy atom. The van der Waals surface area contributed by atoms with Crippen LogP contribution < -0.4 is 4.74 Å². The normalized spacial score (nSPS) is 7.55. The monoisotopic (exact) mass is 151 g/mol. The minimum atomic E-state index is 0.260.